The smallest absolute Gasteiger partial charge is 0.255 e. The van der Waals surface area contributed by atoms with Gasteiger partial charge in [-0.1, -0.05) is 31.6 Å². The lowest BCUT2D eigenvalue weighted by molar-refractivity contribution is -0.126. The van der Waals surface area contributed by atoms with E-state index in [1.807, 2.05) is 6.07 Å². The van der Waals surface area contributed by atoms with E-state index in [0.29, 0.717) is 31.0 Å². The van der Waals surface area contributed by atoms with Gasteiger partial charge in [-0.2, -0.15) is 0 Å². The number of carbonyl (C=O) groups is 2. The largest absolute Gasteiger partial charge is 0.329 e. The minimum Gasteiger partial charge on any atom is -0.329 e. The maximum atomic E-state index is 13.0. The van der Waals surface area contributed by atoms with Crippen molar-refractivity contribution in [3.8, 4) is 0 Å². The molecule has 1 saturated heterocycles. The molecule has 4 atom stereocenters. The Morgan fingerprint density at radius 1 is 1.16 bits per heavy atom. The Balaban J connectivity index is 1.27. The fourth-order valence-corrected chi connectivity index (χ4v) is 5.88. The van der Waals surface area contributed by atoms with Gasteiger partial charge in [0.15, 0.2) is 0 Å². The standard InChI is InChI=1S/C26H35N3O2/c1-16-7-12-24(25(30)27-16)29-15-21-14-18(8-11-22(21)26(29)31)13-20-5-3-4-6-23(20)28-17(2)19-9-10-19/h8,11,14,17,19-20,23-24,28H,1,3-7,9-10,12-13,15H2,2H3,(H,27,30)/t17?,20-,23+,24?/m1/s1. The van der Waals surface area contributed by atoms with Gasteiger partial charge in [-0.15, -0.1) is 0 Å². The van der Waals surface area contributed by atoms with Crippen molar-refractivity contribution in [1.82, 2.24) is 15.5 Å². The molecule has 2 aliphatic heterocycles. The summed E-state index contributed by atoms with van der Waals surface area (Å²) >= 11 is 0. The minimum absolute atomic E-state index is 0.00956. The first-order chi connectivity index (χ1) is 15.0. The number of hydrogen-bond acceptors (Lipinski definition) is 3. The van der Waals surface area contributed by atoms with Gasteiger partial charge in [-0.25, -0.2) is 0 Å². The van der Waals surface area contributed by atoms with Crippen molar-refractivity contribution >= 4 is 11.8 Å². The van der Waals surface area contributed by atoms with Gasteiger partial charge in [0.25, 0.3) is 5.91 Å². The van der Waals surface area contributed by atoms with Gasteiger partial charge in [0, 0.05) is 29.9 Å². The highest BCUT2D eigenvalue weighted by atomic mass is 16.2. The van der Waals surface area contributed by atoms with Gasteiger partial charge in [-0.05, 0) is 80.9 Å². The molecule has 5 nitrogen and oxygen atoms in total. The number of amides is 2. The van der Waals surface area contributed by atoms with Crippen molar-refractivity contribution < 1.29 is 9.59 Å². The summed E-state index contributed by atoms with van der Waals surface area (Å²) in [7, 11) is 0. The lowest BCUT2D eigenvalue weighted by atomic mass is 9.80. The molecule has 1 aromatic carbocycles. The second-order valence-corrected chi connectivity index (χ2v) is 10.2. The summed E-state index contributed by atoms with van der Waals surface area (Å²) in [5.41, 5.74) is 3.92. The number of rotatable bonds is 6. The zero-order valence-electron chi connectivity index (χ0n) is 18.7. The Morgan fingerprint density at radius 2 is 1.97 bits per heavy atom. The van der Waals surface area contributed by atoms with Crippen LogP contribution in [0.15, 0.2) is 30.5 Å². The summed E-state index contributed by atoms with van der Waals surface area (Å²) in [6.07, 6.45) is 10.4. The van der Waals surface area contributed by atoms with Gasteiger partial charge in [0.1, 0.15) is 6.04 Å². The van der Waals surface area contributed by atoms with E-state index in [1.54, 1.807) is 4.90 Å². The predicted molar refractivity (Wildman–Crippen MR) is 121 cm³/mol. The Labute approximate surface area is 185 Å². The van der Waals surface area contributed by atoms with Crippen LogP contribution in [-0.4, -0.2) is 34.8 Å². The summed E-state index contributed by atoms with van der Waals surface area (Å²) in [6, 6.07) is 7.21. The van der Waals surface area contributed by atoms with Crippen LogP contribution >= 0.6 is 0 Å². The van der Waals surface area contributed by atoms with Crippen LogP contribution in [0.25, 0.3) is 0 Å². The molecule has 2 N–H and O–H groups in total. The Bertz CT molecular complexity index is 891. The average Bonchev–Trinajstić information content (AvgIpc) is 3.55. The number of piperidine rings is 1. The normalized spacial score (nSPS) is 29.6. The van der Waals surface area contributed by atoms with Crippen molar-refractivity contribution in [3.05, 3.63) is 47.2 Å². The number of nitrogens with one attached hydrogen (secondary N) is 2. The van der Waals surface area contributed by atoms with Crippen molar-refractivity contribution in [3.63, 3.8) is 0 Å². The third-order valence-electron chi connectivity index (χ3n) is 7.91. The van der Waals surface area contributed by atoms with Crippen molar-refractivity contribution in [2.75, 3.05) is 0 Å². The monoisotopic (exact) mass is 421 g/mol. The van der Waals surface area contributed by atoms with Gasteiger partial charge < -0.3 is 15.5 Å². The third-order valence-corrected chi connectivity index (χ3v) is 7.91. The molecule has 2 heterocycles. The van der Waals surface area contributed by atoms with Crippen LogP contribution in [0.5, 0.6) is 0 Å². The molecular formula is C26H35N3O2. The van der Waals surface area contributed by atoms with E-state index < -0.39 is 0 Å². The van der Waals surface area contributed by atoms with E-state index in [9.17, 15) is 9.59 Å². The predicted octanol–water partition coefficient (Wildman–Crippen LogP) is 3.92. The van der Waals surface area contributed by atoms with E-state index in [2.05, 4.69) is 36.3 Å². The fourth-order valence-electron chi connectivity index (χ4n) is 5.88. The Morgan fingerprint density at radius 3 is 2.74 bits per heavy atom. The van der Waals surface area contributed by atoms with E-state index in [4.69, 9.17) is 0 Å². The van der Waals surface area contributed by atoms with E-state index in [1.165, 1.54) is 44.1 Å². The molecular weight excluding hydrogens is 386 g/mol. The van der Waals surface area contributed by atoms with E-state index in [-0.39, 0.29) is 17.9 Å². The molecule has 31 heavy (non-hydrogen) atoms. The summed E-state index contributed by atoms with van der Waals surface area (Å²) in [6.45, 7) is 6.74. The maximum absolute atomic E-state index is 13.0. The minimum atomic E-state index is -0.385. The van der Waals surface area contributed by atoms with E-state index >= 15 is 0 Å². The van der Waals surface area contributed by atoms with Crippen molar-refractivity contribution in [1.29, 1.82) is 0 Å². The van der Waals surface area contributed by atoms with Crippen molar-refractivity contribution in [2.45, 2.75) is 89.4 Å². The van der Waals surface area contributed by atoms with Crippen LogP contribution in [0.3, 0.4) is 0 Å². The van der Waals surface area contributed by atoms with Crippen LogP contribution in [0, 0.1) is 11.8 Å². The van der Waals surface area contributed by atoms with Crippen LogP contribution in [0.2, 0.25) is 0 Å². The molecule has 0 aromatic heterocycles. The number of carbonyl (C=O) groups excluding carboxylic acids is 2. The molecule has 3 fully saturated rings. The highest BCUT2D eigenvalue weighted by Gasteiger charge is 2.38. The molecule has 5 heteroatoms. The number of benzene rings is 1. The van der Waals surface area contributed by atoms with Crippen LogP contribution in [0.1, 0.15) is 79.8 Å². The molecule has 2 amide bonds. The second kappa shape index (κ2) is 8.42. The molecule has 0 bridgehead atoms. The first kappa shape index (κ1) is 20.7. The number of allylic oxidation sites excluding steroid dienone is 1. The fraction of sp³-hybridized carbons (Fsp3) is 0.615. The molecule has 0 radical (unpaired) electrons. The molecule has 2 aliphatic carbocycles. The third kappa shape index (κ3) is 4.30. The summed E-state index contributed by atoms with van der Waals surface area (Å²) in [5.74, 6) is 1.44. The van der Waals surface area contributed by atoms with Gasteiger partial charge in [-0.3, -0.25) is 9.59 Å². The van der Waals surface area contributed by atoms with Crippen LogP contribution < -0.4 is 10.6 Å². The molecule has 1 aromatic rings. The molecule has 166 valence electrons. The lowest BCUT2D eigenvalue weighted by Gasteiger charge is -2.35. The average molecular weight is 422 g/mol. The maximum Gasteiger partial charge on any atom is 0.255 e. The number of fused-ring (bicyclic) bond motifs is 1. The number of hydrogen-bond donors (Lipinski definition) is 2. The lowest BCUT2D eigenvalue weighted by Crippen LogP contribution is -2.49. The highest BCUT2D eigenvalue weighted by Crippen LogP contribution is 2.35. The van der Waals surface area contributed by atoms with Gasteiger partial charge >= 0.3 is 0 Å². The van der Waals surface area contributed by atoms with Crippen molar-refractivity contribution in [2.24, 2.45) is 11.8 Å². The zero-order chi connectivity index (χ0) is 21.5. The molecule has 0 spiro atoms. The Kier molecular flexibility index (Phi) is 5.63. The van der Waals surface area contributed by atoms with E-state index in [0.717, 1.165) is 35.6 Å². The SMILES string of the molecule is C=C1CCC(N2Cc3cc(C[C@H]4CCCC[C@@H]4NC(C)C4CC4)ccc3C2=O)C(=O)N1. The molecule has 2 unspecified atom stereocenters. The van der Waals surface area contributed by atoms with Gasteiger partial charge in [0.2, 0.25) is 5.91 Å². The quantitative estimate of drug-likeness (QED) is 0.732. The molecule has 4 aliphatic rings. The van der Waals surface area contributed by atoms with Crippen LogP contribution in [-0.2, 0) is 17.8 Å². The summed E-state index contributed by atoms with van der Waals surface area (Å²) in [5, 5.41) is 6.77. The topological polar surface area (TPSA) is 61.4 Å². The van der Waals surface area contributed by atoms with Gasteiger partial charge in [0.05, 0.1) is 0 Å². The molecule has 5 rings (SSSR count). The molecule has 2 saturated carbocycles. The Hall–Kier alpha value is -2.14. The van der Waals surface area contributed by atoms with Crippen LogP contribution in [0.4, 0.5) is 0 Å². The summed E-state index contributed by atoms with van der Waals surface area (Å²) in [4.78, 5) is 27.2. The second-order valence-electron chi connectivity index (χ2n) is 10.2. The summed E-state index contributed by atoms with van der Waals surface area (Å²) < 4.78 is 0. The first-order valence-corrected chi connectivity index (χ1v) is 12.2. The number of nitrogens with zero attached hydrogens (tertiary/aromatic N) is 1. The zero-order valence-corrected chi connectivity index (χ0v) is 18.7. The first-order valence-electron chi connectivity index (χ1n) is 12.2. The highest BCUT2D eigenvalue weighted by molar-refractivity contribution is 6.01.